The first-order valence-electron chi connectivity index (χ1n) is 11.0. The van der Waals surface area contributed by atoms with E-state index in [1.54, 1.807) is 78.5 Å². The largest absolute Gasteiger partial charge is 0.858 e. The number of carbonyl (C=O) groups excluding carboxylic acids is 2. The normalized spacial score (nSPS) is 13.6. The Labute approximate surface area is 201 Å². The van der Waals surface area contributed by atoms with Gasteiger partial charge in [0.25, 0.3) is 11.6 Å². The minimum atomic E-state index is -0.586. The van der Waals surface area contributed by atoms with Gasteiger partial charge in [-0.25, -0.2) is 9.58 Å². The lowest BCUT2D eigenvalue weighted by atomic mass is 10.0. The fourth-order valence-corrected chi connectivity index (χ4v) is 4.22. The molecule has 4 aromatic rings. The van der Waals surface area contributed by atoms with Gasteiger partial charge in [-0.05, 0) is 62.2 Å². The first kappa shape index (κ1) is 22.1. The number of ether oxygens (including phenoxy) is 1. The summed E-state index contributed by atoms with van der Waals surface area (Å²) in [5.74, 6) is -0.989. The Morgan fingerprint density at radius 1 is 0.886 bits per heavy atom. The van der Waals surface area contributed by atoms with Gasteiger partial charge in [-0.15, -0.1) is 0 Å². The Hall–Kier alpha value is -4.72. The van der Waals surface area contributed by atoms with Crippen LogP contribution in [-0.2, 0) is 9.59 Å². The molecule has 0 fully saturated rings. The molecule has 0 N–H and O–H groups in total. The summed E-state index contributed by atoms with van der Waals surface area (Å²) >= 11 is 0. The molecule has 0 atom stereocenters. The molecule has 1 aliphatic rings. The molecule has 8 heteroatoms. The number of aryl methyl sites for hydroxylation is 2. The van der Waals surface area contributed by atoms with Crippen molar-refractivity contribution in [3.05, 3.63) is 95.9 Å². The predicted octanol–water partition coefficient (Wildman–Crippen LogP) is 2.80. The zero-order chi connectivity index (χ0) is 24.7. The third-order valence-electron chi connectivity index (χ3n) is 5.87. The molecule has 174 valence electrons. The molecule has 0 bridgehead atoms. The van der Waals surface area contributed by atoms with Gasteiger partial charge in [0.05, 0.1) is 24.2 Å². The van der Waals surface area contributed by atoms with Crippen molar-refractivity contribution < 1.29 is 24.0 Å². The van der Waals surface area contributed by atoms with Crippen LogP contribution in [0.15, 0.2) is 79.1 Å². The molecule has 8 nitrogen and oxygen atoms in total. The van der Waals surface area contributed by atoms with Crippen molar-refractivity contribution >= 4 is 28.8 Å². The molecule has 0 aliphatic carbocycles. The van der Waals surface area contributed by atoms with Crippen LogP contribution < -0.4 is 19.3 Å². The molecule has 0 saturated carbocycles. The molecule has 3 heterocycles. The average Bonchev–Trinajstić information content (AvgIpc) is 3.30. The zero-order valence-corrected chi connectivity index (χ0v) is 19.4. The monoisotopic (exact) mass is 466 g/mol. The van der Waals surface area contributed by atoms with Gasteiger partial charge < -0.3 is 9.84 Å². The highest BCUT2D eigenvalue weighted by Crippen LogP contribution is 2.38. The summed E-state index contributed by atoms with van der Waals surface area (Å²) < 4.78 is 8.04. The standard InChI is InChI=1S/C27H22N4O4/c1-17-8-7-15-29(16-17)24-23(22-18(2)28-31(26(22)33)20-9-5-4-6-10-20)25(32)30(27(24)34)19-11-13-21(35-3)14-12-19/h4-16H,1-3H3. The number of benzene rings is 2. The molecule has 5 rings (SSSR count). The molecular formula is C27H22N4O4. The zero-order valence-electron chi connectivity index (χ0n) is 19.4. The number of hydrogen-bond acceptors (Lipinski definition) is 5. The fraction of sp³-hybridized carbons (Fsp3) is 0.111. The van der Waals surface area contributed by atoms with E-state index in [1.165, 1.54) is 11.8 Å². The quantitative estimate of drug-likeness (QED) is 0.333. The van der Waals surface area contributed by atoms with Crippen LogP contribution in [0.25, 0.3) is 17.0 Å². The van der Waals surface area contributed by atoms with E-state index >= 15 is 0 Å². The number of aromatic nitrogens is 3. The number of imide groups is 1. The lowest BCUT2D eigenvalue weighted by Gasteiger charge is -2.16. The first-order chi connectivity index (χ1) is 16.9. The van der Waals surface area contributed by atoms with Gasteiger partial charge in [0.2, 0.25) is 0 Å². The molecule has 0 unspecified atom stereocenters. The summed E-state index contributed by atoms with van der Waals surface area (Å²) in [5.41, 5.74) is 2.42. The van der Waals surface area contributed by atoms with E-state index in [1.807, 2.05) is 19.1 Å². The van der Waals surface area contributed by atoms with E-state index in [-0.39, 0.29) is 16.8 Å². The molecule has 2 amide bonds. The molecule has 35 heavy (non-hydrogen) atoms. The number of amides is 2. The minimum Gasteiger partial charge on any atom is -0.858 e. The highest BCUT2D eigenvalue weighted by atomic mass is 16.5. The SMILES string of the molecule is COc1ccc(N2C(=O)C(c3c(C)nn(-c4ccccc4)c3[O-])=C([n+]3cccc(C)c3)C2=O)cc1. The maximum atomic E-state index is 13.8. The predicted molar refractivity (Wildman–Crippen MR) is 128 cm³/mol. The van der Waals surface area contributed by atoms with E-state index in [4.69, 9.17) is 4.74 Å². The highest BCUT2D eigenvalue weighted by molar-refractivity contribution is 6.53. The van der Waals surface area contributed by atoms with Crippen molar-refractivity contribution in [2.75, 3.05) is 12.0 Å². The van der Waals surface area contributed by atoms with Crippen molar-refractivity contribution in [2.24, 2.45) is 0 Å². The number of para-hydroxylation sites is 1. The lowest BCUT2D eigenvalue weighted by Crippen LogP contribution is -2.39. The van der Waals surface area contributed by atoms with E-state index in [2.05, 4.69) is 5.10 Å². The number of pyridine rings is 1. The van der Waals surface area contributed by atoms with Crippen LogP contribution in [0.4, 0.5) is 5.69 Å². The van der Waals surface area contributed by atoms with Gasteiger partial charge in [0, 0.05) is 17.2 Å². The highest BCUT2D eigenvalue weighted by Gasteiger charge is 2.47. The third-order valence-corrected chi connectivity index (χ3v) is 5.87. The first-order valence-corrected chi connectivity index (χ1v) is 11.0. The van der Waals surface area contributed by atoms with E-state index < -0.39 is 17.7 Å². The number of carbonyl (C=O) groups is 2. The molecule has 1 aliphatic heterocycles. The number of anilines is 1. The number of methoxy groups -OCH3 is 1. The van der Waals surface area contributed by atoms with Crippen LogP contribution in [0.3, 0.4) is 0 Å². The van der Waals surface area contributed by atoms with Crippen molar-refractivity contribution in [2.45, 2.75) is 13.8 Å². The second kappa shape index (κ2) is 8.57. The van der Waals surface area contributed by atoms with Crippen molar-refractivity contribution in [3.63, 3.8) is 0 Å². The second-order valence-electron chi connectivity index (χ2n) is 8.17. The summed E-state index contributed by atoms with van der Waals surface area (Å²) in [5, 5.41) is 18.0. The number of rotatable bonds is 5. The van der Waals surface area contributed by atoms with Gasteiger partial charge in [-0.2, -0.15) is 9.67 Å². The number of hydrogen-bond donors (Lipinski definition) is 0. The Balaban J connectivity index is 1.73. The molecule has 2 aromatic heterocycles. The van der Waals surface area contributed by atoms with Crippen molar-refractivity contribution in [1.29, 1.82) is 0 Å². The van der Waals surface area contributed by atoms with Gasteiger partial charge in [-0.1, -0.05) is 18.2 Å². The van der Waals surface area contributed by atoms with Gasteiger partial charge in [-0.3, -0.25) is 9.59 Å². The van der Waals surface area contributed by atoms with Gasteiger partial charge in [0.1, 0.15) is 11.3 Å². The van der Waals surface area contributed by atoms with Gasteiger partial charge >= 0.3 is 5.91 Å². The van der Waals surface area contributed by atoms with Crippen molar-refractivity contribution in [1.82, 2.24) is 9.78 Å². The van der Waals surface area contributed by atoms with Crippen LogP contribution in [0.1, 0.15) is 16.8 Å². The van der Waals surface area contributed by atoms with Gasteiger partial charge in [0.15, 0.2) is 12.4 Å². The van der Waals surface area contributed by atoms with Crippen LogP contribution in [0.5, 0.6) is 11.6 Å². The Kier molecular flexibility index (Phi) is 5.41. The van der Waals surface area contributed by atoms with Crippen molar-refractivity contribution in [3.8, 4) is 17.3 Å². The van der Waals surface area contributed by atoms with Crippen LogP contribution >= 0.6 is 0 Å². The molecule has 0 radical (unpaired) electrons. The summed E-state index contributed by atoms with van der Waals surface area (Å²) in [4.78, 5) is 28.6. The summed E-state index contributed by atoms with van der Waals surface area (Å²) in [7, 11) is 1.54. The Morgan fingerprint density at radius 2 is 1.60 bits per heavy atom. The third kappa shape index (κ3) is 3.65. The topological polar surface area (TPSA) is 91.4 Å². The summed E-state index contributed by atoms with van der Waals surface area (Å²) in [6.07, 6.45) is 3.44. The molecule has 0 spiro atoms. The fourth-order valence-electron chi connectivity index (χ4n) is 4.22. The molecular weight excluding hydrogens is 444 g/mol. The van der Waals surface area contributed by atoms with E-state index in [0.29, 0.717) is 22.8 Å². The minimum absolute atomic E-state index is 0.0195. The smallest absolute Gasteiger partial charge is 0.331 e. The summed E-state index contributed by atoms with van der Waals surface area (Å²) in [6, 6.07) is 19.2. The van der Waals surface area contributed by atoms with E-state index in [9.17, 15) is 14.7 Å². The van der Waals surface area contributed by atoms with Crippen LogP contribution in [0.2, 0.25) is 0 Å². The maximum absolute atomic E-state index is 13.8. The maximum Gasteiger partial charge on any atom is 0.331 e. The lowest BCUT2D eigenvalue weighted by molar-refractivity contribution is -0.577. The average molecular weight is 466 g/mol. The number of nitrogens with zero attached hydrogens (tertiary/aromatic N) is 4. The summed E-state index contributed by atoms with van der Waals surface area (Å²) in [6.45, 7) is 3.55. The second-order valence-corrected chi connectivity index (χ2v) is 8.17. The molecule has 2 aromatic carbocycles. The van der Waals surface area contributed by atoms with E-state index in [0.717, 1.165) is 10.5 Å². The van der Waals surface area contributed by atoms with Crippen LogP contribution in [0, 0.1) is 13.8 Å². The Bertz CT molecular complexity index is 1490. The van der Waals surface area contributed by atoms with Crippen LogP contribution in [-0.4, -0.2) is 28.7 Å². The molecule has 0 saturated heterocycles. The Morgan fingerprint density at radius 3 is 2.26 bits per heavy atom.